The van der Waals surface area contributed by atoms with Gasteiger partial charge in [0.1, 0.15) is 11.8 Å². The average Bonchev–Trinajstić information content (AvgIpc) is 2.74. The van der Waals surface area contributed by atoms with Crippen molar-refractivity contribution in [2.24, 2.45) is 0 Å². The van der Waals surface area contributed by atoms with Gasteiger partial charge in [-0.2, -0.15) is 0 Å². The summed E-state index contributed by atoms with van der Waals surface area (Å²) in [5.74, 6) is 0.304. The lowest BCUT2D eigenvalue weighted by Gasteiger charge is -2.31. The lowest BCUT2D eigenvalue weighted by molar-refractivity contribution is -0.143. The molecule has 6 heteroatoms. The van der Waals surface area contributed by atoms with Crippen molar-refractivity contribution in [1.82, 2.24) is 10.2 Å². The Kier molecular flexibility index (Phi) is 9.62. The molecular formula is C24H31IN2O3. The van der Waals surface area contributed by atoms with Crippen molar-refractivity contribution in [3.8, 4) is 5.75 Å². The molecule has 30 heavy (non-hydrogen) atoms. The van der Waals surface area contributed by atoms with Gasteiger partial charge < -0.3 is 15.0 Å². The minimum atomic E-state index is -0.548. The maximum Gasteiger partial charge on any atom is 0.261 e. The smallest absolute Gasteiger partial charge is 0.261 e. The normalized spacial score (nSPS) is 12.7. The number of halogens is 1. The Bertz CT molecular complexity index is 821. The summed E-state index contributed by atoms with van der Waals surface area (Å²) in [4.78, 5) is 27.7. The van der Waals surface area contributed by atoms with E-state index in [1.165, 1.54) is 0 Å². The molecule has 2 atom stereocenters. The molecule has 0 unspecified atom stereocenters. The summed E-state index contributed by atoms with van der Waals surface area (Å²) >= 11 is 2.22. The van der Waals surface area contributed by atoms with E-state index in [0.717, 1.165) is 21.1 Å². The molecule has 0 radical (unpaired) electrons. The molecule has 0 fully saturated rings. The zero-order valence-electron chi connectivity index (χ0n) is 18.2. The maximum absolute atomic E-state index is 13.1. The number of hydrogen-bond donors (Lipinski definition) is 1. The monoisotopic (exact) mass is 522 g/mol. The average molecular weight is 522 g/mol. The van der Waals surface area contributed by atoms with Gasteiger partial charge in [0.05, 0.1) is 0 Å². The number of carbonyl (C=O) groups is 2. The van der Waals surface area contributed by atoms with Gasteiger partial charge in [-0.25, -0.2) is 0 Å². The second-order valence-corrected chi connectivity index (χ2v) is 8.74. The molecule has 2 aromatic rings. The van der Waals surface area contributed by atoms with Crippen LogP contribution >= 0.6 is 22.6 Å². The lowest BCUT2D eigenvalue weighted by Crippen LogP contribution is -2.51. The Hall–Kier alpha value is -2.09. The van der Waals surface area contributed by atoms with Crippen molar-refractivity contribution >= 4 is 34.4 Å². The second kappa shape index (κ2) is 11.9. The molecule has 0 aromatic heterocycles. The third kappa shape index (κ3) is 7.31. The van der Waals surface area contributed by atoms with Crippen LogP contribution in [0.3, 0.4) is 0 Å². The van der Waals surface area contributed by atoms with Crippen molar-refractivity contribution in [1.29, 1.82) is 0 Å². The fraction of sp³-hybridized carbons (Fsp3) is 0.417. The Morgan fingerprint density at radius 3 is 2.23 bits per heavy atom. The molecule has 2 amide bonds. The first-order chi connectivity index (χ1) is 14.3. The zero-order valence-corrected chi connectivity index (χ0v) is 20.3. The first-order valence-electron chi connectivity index (χ1n) is 10.4. The fourth-order valence-corrected chi connectivity index (χ4v) is 3.37. The van der Waals surface area contributed by atoms with Gasteiger partial charge in [-0.15, -0.1) is 0 Å². The highest BCUT2D eigenvalue weighted by Crippen LogP contribution is 2.16. The van der Waals surface area contributed by atoms with E-state index in [4.69, 9.17) is 4.74 Å². The van der Waals surface area contributed by atoms with Gasteiger partial charge in [0.2, 0.25) is 5.91 Å². The van der Waals surface area contributed by atoms with E-state index in [1.807, 2.05) is 76.2 Å². The van der Waals surface area contributed by atoms with Crippen molar-refractivity contribution in [2.75, 3.05) is 6.61 Å². The minimum absolute atomic E-state index is 0.0610. The van der Waals surface area contributed by atoms with Gasteiger partial charge in [-0.3, -0.25) is 9.59 Å². The summed E-state index contributed by atoms with van der Waals surface area (Å²) in [6, 6.07) is 15.1. The summed E-state index contributed by atoms with van der Waals surface area (Å²) in [6.07, 6.45) is 1.37. The van der Waals surface area contributed by atoms with Crippen LogP contribution < -0.4 is 10.1 Å². The molecule has 0 aliphatic rings. The molecular weight excluding hydrogens is 491 g/mol. The molecule has 1 N–H and O–H groups in total. The van der Waals surface area contributed by atoms with E-state index in [0.29, 0.717) is 18.7 Å². The van der Waals surface area contributed by atoms with Crippen LogP contribution in [0, 0.1) is 10.5 Å². The van der Waals surface area contributed by atoms with Crippen LogP contribution in [0.5, 0.6) is 5.75 Å². The number of nitrogens with one attached hydrogen (secondary N) is 1. The van der Waals surface area contributed by atoms with E-state index in [9.17, 15) is 9.59 Å². The Balaban J connectivity index is 2.19. The maximum atomic E-state index is 13.1. The molecule has 2 rings (SSSR count). The van der Waals surface area contributed by atoms with Crippen molar-refractivity contribution in [2.45, 2.75) is 59.2 Å². The molecule has 5 nitrogen and oxygen atoms in total. The third-order valence-corrected chi connectivity index (χ3v) is 5.76. The highest BCUT2D eigenvalue weighted by molar-refractivity contribution is 14.1. The highest BCUT2D eigenvalue weighted by Gasteiger charge is 2.29. The standard InChI is InChI=1S/C24H31IN2O3/c1-5-18(4)26-24(29)22(6-2)27(15-19-9-7-17(3)8-10-19)23(28)16-30-21-13-11-20(25)12-14-21/h7-14,18,22H,5-6,15-16H2,1-4H3,(H,26,29)/t18-,22+/m1/s1. The predicted octanol–water partition coefficient (Wildman–Crippen LogP) is 4.70. The van der Waals surface area contributed by atoms with Crippen LogP contribution in [-0.4, -0.2) is 35.4 Å². The van der Waals surface area contributed by atoms with Crippen LogP contribution in [0.4, 0.5) is 0 Å². The number of amides is 2. The Morgan fingerprint density at radius 1 is 1.03 bits per heavy atom. The van der Waals surface area contributed by atoms with Crippen LogP contribution in [0.1, 0.15) is 44.7 Å². The molecule has 0 spiro atoms. The minimum Gasteiger partial charge on any atom is -0.484 e. The molecule has 0 saturated heterocycles. The van der Waals surface area contributed by atoms with Crippen LogP contribution in [0.25, 0.3) is 0 Å². The highest BCUT2D eigenvalue weighted by atomic mass is 127. The van der Waals surface area contributed by atoms with E-state index in [-0.39, 0.29) is 24.5 Å². The summed E-state index contributed by atoms with van der Waals surface area (Å²) in [7, 11) is 0. The lowest BCUT2D eigenvalue weighted by atomic mass is 10.1. The summed E-state index contributed by atoms with van der Waals surface area (Å²) < 4.78 is 6.81. The number of nitrogens with zero attached hydrogens (tertiary/aromatic N) is 1. The quantitative estimate of drug-likeness (QED) is 0.461. The number of rotatable bonds is 10. The number of carbonyl (C=O) groups excluding carboxylic acids is 2. The van der Waals surface area contributed by atoms with Gasteiger partial charge >= 0.3 is 0 Å². The topological polar surface area (TPSA) is 58.6 Å². The van der Waals surface area contributed by atoms with E-state index in [1.54, 1.807) is 4.90 Å². The largest absolute Gasteiger partial charge is 0.484 e. The van der Waals surface area contributed by atoms with Gasteiger partial charge in [0, 0.05) is 16.2 Å². The van der Waals surface area contributed by atoms with Gasteiger partial charge in [-0.05, 0) is 79.1 Å². The summed E-state index contributed by atoms with van der Waals surface area (Å²) in [6.45, 7) is 8.19. The van der Waals surface area contributed by atoms with Crippen molar-refractivity contribution in [3.05, 3.63) is 63.2 Å². The molecule has 0 aliphatic carbocycles. The molecule has 0 bridgehead atoms. The number of aryl methyl sites for hydroxylation is 1. The summed E-state index contributed by atoms with van der Waals surface area (Å²) in [5, 5.41) is 3.02. The first-order valence-corrected chi connectivity index (χ1v) is 11.5. The second-order valence-electron chi connectivity index (χ2n) is 7.49. The van der Waals surface area contributed by atoms with E-state index in [2.05, 4.69) is 27.9 Å². The molecule has 2 aromatic carbocycles. The number of hydrogen-bond acceptors (Lipinski definition) is 3. The van der Waals surface area contributed by atoms with Crippen LogP contribution in [0.15, 0.2) is 48.5 Å². The molecule has 0 aliphatic heterocycles. The number of ether oxygens (including phenoxy) is 1. The van der Waals surface area contributed by atoms with Crippen molar-refractivity contribution < 1.29 is 14.3 Å². The van der Waals surface area contributed by atoms with E-state index < -0.39 is 6.04 Å². The Morgan fingerprint density at radius 2 is 1.67 bits per heavy atom. The first kappa shape index (κ1) is 24.2. The molecule has 0 saturated carbocycles. The molecule has 162 valence electrons. The fourth-order valence-electron chi connectivity index (χ4n) is 3.01. The van der Waals surface area contributed by atoms with E-state index >= 15 is 0 Å². The van der Waals surface area contributed by atoms with Crippen molar-refractivity contribution in [3.63, 3.8) is 0 Å². The van der Waals surface area contributed by atoms with Gasteiger partial charge in [0.15, 0.2) is 6.61 Å². The zero-order chi connectivity index (χ0) is 22.1. The number of benzene rings is 2. The Labute approximate surface area is 193 Å². The van der Waals surface area contributed by atoms with Gasteiger partial charge in [-0.1, -0.05) is 43.7 Å². The molecule has 0 heterocycles. The SMILES string of the molecule is CC[C@@H](C)NC(=O)[C@H](CC)N(Cc1ccc(C)cc1)C(=O)COc1ccc(I)cc1. The van der Waals surface area contributed by atoms with Crippen LogP contribution in [-0.2, 0) is 16.1 Å². The third-order valence-electron chi connectivity index (χ3n) is 5.04. The van der Waals surface area contributed by atoms with Crippen LogP contribution in [0.2, 0.25) is 0 Å². The summed E-state index contributed by atoms with van der Waals surface area (Å²) in [5.41, 5.74) is 2.14. The predicted molar refractivity (Wildman–Crippen MR) is 128 cm³/mol. The van der Waals surface area contributed by atoms with Gasteiger partial charge in [0.25, 0.3) is 5.91 Å².